The Kier molecular flexibility index (Phi) is 6.70. The maximum absolute atomic E-state index is 8.56. The molecule has 8 nitrogen and oxygen atoms in total. The number of aromatic nitrogens is 2. The van der Waals surface area contributed by atoms with Gasteiger partial charge in [0.05, 0.1) is 13.2 Å². The van der Waals surface area contributed by atoms with E-state index in [1.54, 1.807) is 0 Å². The van der Waals surface area contributed by atoms with E-state index in [-0.39, 0.29) is 0 Å². The van der Waals surface area contributed by atoms with Gasteiger partial charge in [0.2, 0.25) is 23.8 Å². The van der Waals surface area contributed by atoms with Crippen molar-refractivity contribution < 1.29 is 29.0 Å². The summed E-state index contributed by atoms with van der Waals surface area (Å²) in [5.74, 6) is 1.47. The van der Waals surface area contributed by atoms with Gasteiger partial charge in [-0.2, -0.15) is 9.13 Å². The SMILES string of the molecule is C[n+]1cc(OCCCOc2ccc(/C=N\O)[n+](C)c2)ccc1/C=N\O. The Bertz CT molecular complexity index is 699. The third kappa shape index (κ3) is 5.45. The molecule has 25 heavy (non-hydrogen) atoms. The fourth-order valence-corrected chi connectivity index (χ4v) is 2.18. The monoisotopic (exact) mass is 346 g/mol. The molecule has 2 rings (SSSR count). The molecule has 2 aromatic heterocycles. The third-order valence-corrected chi connectivity index (χ3v) is 3.50. The quantitative estimate of drug-likeness (QED) is 0.243. The number of ether oxygens (including phenoxy) is 2. The lowest BCUT2D eigenvalue weighted by Gasteiger charge is -2.07. The zero-order chi connectivity index (χ0) is 18.1. The van der Waals surface area contributed by atoms with Crippen molar-refractivity contribution in [1.29, 1.82) is 0 Å². The maximum Gasteiger partial charge on any atom is 0.227 e. The second-order valence-corrected chi connectivity index (χ2v) is 5.34. The van der Waals surface area contributed by atoms with Crippen molar-refractivity contribution in [2.24, 2.45) is 24.4 Å². The molecule has 0 fully saturated rings. The van der Waals surface area contributed by atoms with Gasteiger partial charge in [-0.25, -0.2) is 0 Å². The molecule has 0 saturated carbocycles. The topological polar surface area (TPSA) is 91.4 Å². The Morgan fingerprint density at radius 3 is 1.64 bits per heavy atom. The highest BCUT2D eigenvalue weighted by molar-refractivity contribution is 5.74. The van der Waals surface area contributed by atoms with Crippen molar-refractivity contribution in [2.45, 2.75) is 6.42 Å². The van der Waals surface area contributed by atoms with E-state index in [2.05, 4.69) is 10.3 Å². The van der Waals surface area contributed by atoms with Crippen LogP contribution in [-0.2, 0) is 14.1 Å². The van der Waals surface area contributed by atoms with Crippen molar-refractivity contribution in [3.8, 4) is 11.5 Å². The van der Waals surface area contributed by atoms with Crippen LogP contribution in [0.15, 0.2) is 47.0 Å². The Morgan fingerprint density at radius 1 is 0.840 bits per heavy atom. The van der Waals surface area contributed by atoms with E-state index in [1.165, 1.54) is 12.4 Å². The summed E-state index contributed by atoms with van der Waals surface area (Å²) in [6.45, 7) is 1.05. The number of rotatable bonds is 8. The lowest BCUT2D eigenvalue weighted by atomic mass is 10.3. The number of nitrogens with zero attached hydrogens (tertiary/aromatic N) is 4. The fourth-order valence-electron chi connectivity index (χ4n) is 2.18. The molecule has 0 amide bonds. The van der Waals surface area contributed by atoms with Crippen LogP contribution < -0.4 is 18.6 Å². The van der Waals surface area contributed by atoms with E-state index >= 15 is 0 Å². The van der Waals surface area contributed by atoms with Crippen LogP contribution in [0.3, 0.4) is 0 Å². The molecular weight excluding hydrogens is 324 g/mol. The molecule has 0 radical (unpaired) electrons. The van der Waals surface area contributed by atoms with Gasteiger partial charge in [-0.1, -0.05) is 10.3 Å². The van der Waals surface area contributed by atoms with Crippen molar-refractivity contribution in [1.82, 2.24) is 0 Å². The molecule has 0 aromatic carbocycles. The van der Waals surface area contributed by atoms with E-state index in [0.717, 1.165) is 29.3 Å². The van der Waals surface area contributed by atoms with Crippen molar-refractivity contribution in [3.05, 3.63) is 48.0 Å². The van der Waals surface area contributed by atoms with Gasteiger partial charge in [-0.15, -0.1) is 0 Å². The molecule has 2 heterocycles. The predicted molar refractivity (Wildman–Crippen MR) is 89.6 cm³/mol. The molecule has 0 aliphatic carbocycles. The van der Waals surface area contributed by atoms with Gasteiger partial charge in [0.15, 0.2) is 11.5 Å². The molecular formula is C17H22N4O4+2. The number of pyridine rings is 2. The summed E-state index contributed by atoms with van der Waals surface area (Å²) in [5, 5.41) is 23.1. The molecule has 2 N–H and O–H groups in total. The maximum atomic E-state index is 8.56. The predicted octanol–water partition coefficient (Wildman–Crippen LogP) is 0.800. The summed E-state index contributed by atoms with van der Waals surface area (Å²) in [4.78, 5) is 0. The molecule has 0 bridgehead atoms. The normalized spacial score (nSPS) is 11.3. The fraction of sp³-hybridized carbons (Fsp3) is 0.294. The standard InChI is InChI=1S/C17H20N4O4/c1-20-12-16(6-4-14(20)10-18-22)24-8-3-9-25-17-7-5-15(11-19-23)21(2)13-17/h4-7,10-13H,3,8-9H2,1-2H3/p+2. The van der Waals surface area contributed by atoms with Crippen LogP contribution in [0.2, 0.25) is 0 Å². The van der Waals surface area contributed by atoms with E-state index in [1.807, 2.05) is 59.9 Å². The van der Waals surface area contributed by atoms with Crippen molar-refractivity contribution in [3.63, 3.8) is 0 Å². The molecule has 0 atom stereocenters. The molecule has 132 valence electrons. The minimum Gasteiger partial charge on any atom is -0.487 e. The van der Waals surface area contributed by atoms with E-state index < -0.39 is 0 Å². The summed E-state index contributed by atoms with van der Waals surface area (Å²) in [6, 6.07) is 7.25. The van der Waals surface area contributed by atoms with Gasteiger partial charge in [0.1, 0.15) is 26.5 Å². The van der Waals surface area contributed by atoms with Gasteiger partial charge in [0.25, 0.3) is 0 Å². The number of oxime groups is 2. The van der Waals surface area contributed by atoms with Crippen LogP contribution in [0, 0.1) is 0 Å². The molecule has 8 heteroatoms. The van der Waals surface area contributed by atoms with Gasteiger partial charge in [-0.3, -0.25) is 0 Å². The molecule has 0 aliphatic rings. The minimum absolute atomic E-state index is 0.523. The van der Waals surface area contributed by atoms with Gasteiger partial charge < -0.3 is 19.9 Å². The first-order valence-corrected chi connectivity index (χ1v) is 7.74. The summed E-state index contributed by atoms with van der Waals surface area (Å²) in [6.07, 6.45) is 7.08. The van der Waals surface area contributed by atoms with Gasteiger partial charge >= 0.3 is 0 Å². The summed E-state index contributed by atoms with van der Waals surface area (Å²) < 4.78 is 15.0. The highest BCUT2D eigenvalue weighted by Crippen LogP contribution is 2.09. The van der Waals surface area contributed by atoms with Crippen LogP contribution in [0.25, 0.3) is 0 Å². The average Bonchev–Trinajstić information content (AvgIpc) is 2.59. The molecule has 2 aromatic rings. The second kappa shape index (κ2) is 9.21. The lowest BCUT2D eigenvalue weighted by molar-refractivity contribution is -0.672. The molecule has 0 unspecified atom stereocenters. The first kappa shape index (κ1) is 18.2. The van der Waals surface area contributed by atoms with Crippen molar-refractivity contribution in [2.75, 3.05) is 13.2 Å². The van der Waals surface area contributed by atoms with Crippen LogP contribution in [-0.4, -0.2) is 36.1 Å². The average molecular weight is 346 g/mol. The third-order valence-electron chi connectivity index (χ3n) is 3.50. The molecule has 0 saturated heterocycles. The minimum atomic E-state index is 0.523. The highest BCUT2D eigenvalue weighted by Gasteiger charge is 2.08. The Morgan fingerprint density at radius 2 is 1.28 bits per heavy atom. The van der Waals surface area contributed by atoms with Gasteiger partial charge in [0, 0.05) is 18.6 Å². The van der Waals surface area contributed by atoms with Crippen LogP contribution in [0.1, 0.15) is 17.8 Å². The molecule has 0 spiro atoms. The zero-order valence-corrected chi connectivity index (χ0v) is 14.2. The molecule has 0 aliphatic heterocycles. The first-order valence-electron chi connectivity index (χ1n) is 7.74. The lowest BCUT2D eigenvalue weighted by Crippen LogP contribution is -2.33. The number of hydrogen-bond donors (Lipinski definition) is 2. The van der Waals surface area contributed by atoms with Crippen molar-refractivity contribution >= 4 is 12.4 Å². The second-order valence-electron chi connectivity index (χ2n) is 5.34. The van der Waals surface area contributed by atoms with E-state index in [4.69, 9.17) is 19.9 Å². The first-order chi connectivity index (χ1) is 12.1. The highest BCUT2D eigenvalue weighted by atomic mass is 16.5. The van der Waals surface area contributed by atoms with E-state index in [9.17, 15) is 0 Å². The number of aryl methyl sites for hydroxylation is 2. The smallest absolute Gasteiger partial charge is 0.227 e. The van der Waals surface area contributed by atoms with Gasteiger partial charge in [-0.05, 0) is 12.1 Å². The Balaban J connectivity index is 1.76. The zero-order valence-electron chi connectivity index (χ0n) is 14.2. The summed E-state index contributed by atoms with van der Waals surface area (Å²) in [7, 11) is 3.69. The van der Waals surface area contributed by atoms with Crippen LogP contribution >= 0.6 is 0 Å². The summed E-state index contributed by atoms with van der Waals surface area (Å²) in [5.41, 5.74) is 1.53. The van der Waals surface area contributed by atoms with E-state index in [0.29, 0.717) is 13.2 Å². The largest absolute Gasteiger partial charge is 0.487 e. The van der Waals surface area contributed by atoms with Crippen LogP contribution in [0.5, 0.6) is 11.5 Å². The Labute approximate surface area is 145 Å². The number of hydrogen-bond acceptors (Lipinski definition) is 6. The van der Waals surface area contributed by atoms with Crippen LogP contribution in [0.4, 0.5) is 0 Å². The Hall–Kier alpha value is -3.16. The summed E-state index contributed by atoms with van der Waals surface area (Å²) >= 11 is 0.